The van der Waals surface area contributed by atoms with E-state index in [-0.39, 0.29) is 17.4 Å². The fourth-order valence-corrected chi connectivity index (χ4v) is 7.95. The minimum atomic E-state index is -0.338. The number of ketones is 1. The van der Waals surface area contributed by atoms with Gasteiger partial charge in [0.2, 0.25) is 0 Å². The van der Waals surface area contributed by atoms with Crippen molar-refractivity contribution in [1.82, 2.24) is 0 Å². The molecule has 0 spiro atoms. The first kappa shape index (κ1) is 28.9. The Balaban J connectivity index is 1.66. The van der Waals surface area contributed by atoms with Gasteiger partial charge in [-0.05, 0) is 107 Å². The van der Waals surface area contributed by atoms with E-state index in [1.165, 1.54) is 46.9 Å². The normalized spacial score (nSPS) is 11.2. The van der Waals surface area contributed by atoms with Gasteiger partial charge >= 0.3 is 0 Å². The predicted octanol–water partition coefficient (Wildman–Crippen LogP) is 12.1. The molecule has 0 aliphatic carbocycles. The summed E-state index contributed by atoms with van der Waals surface area (Å²) >= 11 is 10.1. The zero-order valence-corrected chi connectivity index (χ0v) is 27.3. The maximum Gasteiger partial charge on any atom is 0.197 e. The van der Waals surface area contributed by atoms with E-state index in [9.17, 15) is 8.78 Å². The van der Waals surface area contributed by atoms with E-state index in [2.05, 4.69) is 31.9 Å². The molecule has 2 heterocycles. The van der Waals surface area contributed by atoms with Crippen LogP contribution in [0.1, 0.15) is 27.0 Å². The number of hydrogen-bond donors (Lipinski definition) is 0. The number of hydrogen-bond acceptors (Lipinski definition) is 3. The van der Waals surface area contributed by atoms with Crippen molar-refractivity contribution < 1.29 is 13.6 Å². The summed E-state index contributed by atoms with van der Waals surface area (Å²) in [5.74, 6) is -0.815. The fraction of sp³-hybridized carbons (Fsp3) is 0.0571. The molecule has 42 heavy (non-hydrogen) atoms. The molecule has 0 bridgehead atoms. The second kappa shape index (κ2) is 11.8. The topological polar surface area (TPSA) is 17.1 Å². The van der Waals surface area contributed by atoms with Crippen LogP contribution in [0.3, 0.4) is 0 Å². The molecule has 2 aromatic heterocycles. The summed E-state index contributed by atoms with van der Waals surface area (Å²) in [6.07, 6.45) is 0. The van der Waals surface area contributed by atoms with E-state index >= 15 is 4.79 Å². The lowest BCUT2D eigenvalue weighted by atomic mass is 9.88. The Bertz CT molecular complexity index is 1810. The van der Waals surface area contributed by atoms with Gasteiger partial charge in [0.1, 0.15) is 11.6 Å². The third kappa shape index (κ3) is 5.47. The lowest BCUT2D eigenvalue weighted by Crippen LogP contribution is -2.06. The van der Waals surface area contributed by atoms with Crippen LogP contribution in [0, 0.1) is 25.5 Å². The number of aryl methyl sites for hydroxylation is 2. The van der Waals surface area contributed by atoms with Crippen molar-refractivity contribution >= 4 is 60.3 Å². The molecule has 7 heteroatoms. The van der Waals surface area contributed by atoms with E-state index in [4.69, 9.17) is 0 Å². The summed E-state index contributed by atoms with van der Waals surface area (Å²) in [5, 5.41) is 4.02. The lowest BCUT2D eigenvalue weighted by molar-refractivity contribution is 0.104. The van der Waals surface area contributed by atoms with Gasteiger partial charge in [0.25, 0.3) is 0 Å². The largest absolute Gasteiger partial charge is 0.288 e. The number of carbonyl (C=O) groups excluding carboxylic acids is 1. The summed E-state index contributed by atoms with van der Waals surface area (Å²) in [6, 6.07) is 24.6. The van der Waals surface area contributed by atoms with Crippen molar-refractivity contribution in [2.45, 2.75) is 13.8 Å². The van der Waals surface area contributed by atoms with Gasteiger partial charge < -0.3 is 0 Å². The van der Waals surface area contributed by atoms with Gasteiger partial charge in [-0.1, -0.05) is 68.3 Å². The van der Waals surface area contributed by atoms with Crippen LogP contribution in [0.5, 0.6) is 0 Å². The highest BCUT2D eigenvalue weighted by Crippen LogP contribution is 2.46. The van der Waals surface area contributed by atoms with Crippen LogP contribution in [-0.2, 0) is 0 Å². The summed E-state index contributed by atoms with van der Waals surface area (Å²) in [4.78, 5) is 16.6. The zero-order valence-electron chi connectivity index (χ0n) is 22.5. The van der Waals surface area contributed by atoms with Crippen LogP contribution >= 0.6 is 54.5 Å². The first-order valence-electron chi connectivity index (χ1n) is 13.0. The molecule has 0 amide bonds. The van der Waals surface area contributed by atoms with Gasteiger partial charge in [-0.2, -0.15) is 0 Å². The van der Waals surface area contributed by atoms with Gasteiger partial charge in [0.05, 0.1) is 0 Å². The van der Waals surface area contributed by atoms with Crippen LogP contribution in [-0.4, -0.2) is 5.78 Å². The highest BCUT2D eigenvalue weighted by Gasteiger charge is 2.29. The molecule has 0 N–H and O–H groups in total. The quantitative estimate of drug-likeness (QED) is 0.157. The second-order valence-corrected chi connectivity index (χ2v) is 13.6. The van der Waals surface area contributed by atoms with E-state index in [0.717, 1.165) is 63.2 Å². The van der Waals surface area contributed by atoms with Crippen molar-refractivity contribution in [1.29, 1.82) is 0 Å². The predicted molar refractivity (Wildman–Crippen MR) is 179 cm³/mol. The second-order valence-electron chi connectivity index (χ2n) is 9.97. The lowest BCUT2D eigenvalue weighted by Gasteiger charge is -2.14. The number of carbonyl (C=O) groups is 1. The summed E-state index contributed by atoms with van der Waals surface area (Å²) < 4.78 is 29.7. The van der Waals surface area contributed by atoms with Gasteiger partial charge in [0, 0.05) is 41.0 Å². The van der Waals surface area contributed by atoms with Gasteiger partial charge in [-0.15, -0.1) is 22.7 Å². The molecular weight excluding hydrogens is 698 g/mol. The average molecular weight is 720 g/mol. The van der Waals surface area contributed by atoms with E-state index in [0.29, 0.717) is 11.1 Å². The van der Waals surface area contributed by atoms with Crippen molar-refractivity contribution in [3.63, 3.8) is 0 Å². The zero-order chi connectivity index (χ0) is 29.5. The van der Waals surface area contributed by atoms with Crippen LogP contribution in [0.4, 0.5) is 8.78 Å². The van der Waals surface area contributed by atoms with Crippen molar-refractivity contribution in [2.75, 3.05) is 0 Å². The molecule has 6 rings (SSSR count). The van der Waals surface area contributed by atoms with Crippen LogP contribution in [0.15, 0.2) is 105 Å². The minimum absolute atomic E-state index is 0.139. The van der Waals surface area contributed by atoms with Crippen LogP contribution in [0.25, 0.3) is 43.1 Å². The molecule has 0 unspecified atom stereocenters. The maximum absolute atomic E-state index is 15.1. The average Bonchev–Trinajstić information content (AvgIpc) is 3.62. The molecule has 0 fully saturated rings. The molecular formula is C35H22Br2F2OS2. The SMILES string of the molecule is Cc1ccc(Br)cc1-c1csc(-c2ccc(F)cc2)c1C(=O)c1c(-c2cc(Br)ccc2C)csc1-c1ccc(F)cc1. The third-order valence-electron chi connectivity index (χ3n) is 7.23. The first-order chi connectivity index (χ1) is 20.2. The Kier molecular flexibility index (Phi) is 8.11. The molecule has 0 radical (unpaired) electrons. The van der Waals surface area contributed by atoms with E-state index in [1.54, 1.807) is 24.3 Å². The van der Waals surface area contributed by atoms with Crippen LogP contribution in [0.2, 0.25) is 0 Å². The number of benzene rings is 4. The molecule has 0 atom stereocenters. The van der Waals surface area contributed by atoms with Crippen molar-refractivity contribution in [2.24, 2.45) is 0 Å². The Labute approximate surface area is 267 Å². The van der Waals surface area contributed by atoms with Gasteiger partial charge in [-0.25, -0.2) is 8.78 Å². The Morgan fingerprint density at radius 2 is 0.952 bits per heavy atom. The monoisotopic (exact) mass is 718 g/mol. The van der Waals surface area contributed by atoms with Crippen molar-refractivity contribution in [3.8, 4) is 43.1 Å². The van der Waals surface area contributed by atoms with Crippen molar-refractivity contribution in [3.05, 3.63) is 139 Å². The molecule has 0 saturated carbocycles. The van der Waals surface area contributed by atoms with Gasteiger partial charge in [-0.3, -0.25) is 4.79 Å². The standard InChI is InChI=1S/C35H22Br2F2OS2/c1-19-3-9-23(36)15-27(19)29-17-41-34(21-5-11-25(38)12-6-21)31(29)33(40)32-30(28-16-24(37)10-4-20(28)2)18-42-35(32)22-7-13-26(39)14-8-22/h3-18H,1-2H3. The molecule has 1 nitrogen and oxygen atoms in total. The molecule has 6 aromatic rings. The molecule has 0 aliphatic rings. The number of rotatable bonds is 6. The number of halogens is 4. The Hall–Kier alpha value is -3.23. The summed E-state index contributed by atoms with van der Waals surface area (Å²) in [6.45, 7) is 4.05. The Morgan fingerprint density at radius 3 is 1.33 bits per heavy atom. The third-order valence-corrected chi connectivity index (χ3v) is 10.3. The fourth-order valence-electron chi connectivity index (χ4n) is 5.08. The number of thiophene rings is 2. The molecule has 208 valence electrons. The highest BCUT2D eigenvalue weighted by atomic mass is 79.9. The summed E-state index contributed by atoms with van der Waals surface area (Å²) in [5.41, 5.74) is 8.22. The van der Waals surface area contributed by atoms with E-state index in [1.807, 2.05) is 61.0 Å². The van der Waals surface area contributed by atoms with Gasteiger partial charge in [0.15, 0.2) is 5.78 Å². The smallest absolute Gasteiger partial charge is 0.197 e. The molecule has 0 saturated heterocycles. The summed E-state index contributed by atoms with van der Waals surface area (Å²) in [7, 11) is 0. The maximum atomic E-state index is 15.1. The highest BCUT2D eigenvalue weighted by molar-refractivity contribution is 9.10. The van der Waals surface area contributed by atoms with E-state index < -0.39 is 0 Å². The minimum Gasteiger partial charge on any atom is -0.288 e. The first-order valence-corrected chi connectivity index (χ1v) is 16.4. The Morgan fingerprint density at radius 1 is 0.571 bits per heavy atom. The molecule has 0 aliphatic heterocycles. The van der Waals surface area contributed by atoms with Crippen LogP contribution < -0.4 is 0 Å². The molecule has 4 aromatic carbocycles.